The number of rotatable bonds is 3. The lowest BCUT2D eigenvalue weighted by molar-refractivity contribution is -0.136. The van der Waals surface area contributed by atoms with E-state index in [1.165, 1.54) is 11.1 Å². The third kappa shape index (κ3) is 2.36. The SMILES string of the molecule is N[C@H]1Cc2ccc(CCC(=O)O)cc2C1. The van der Waals surface area contributed by atoms with Crippen molar-refractivity contribution in [3.8, 4) is 0 Å². The molecule has 0 heterocycles. The van der Waals surface area contributed by atoms with Crippen LogP contribution >= 0.6 is 0 Å². The maximum atomic E-state index is 10.4. The first-order chi connectivity index (χ1) is 7.15. The van der Waals surface area contributed by atoms with Gasteiger partial charge in [0.2, 0.25) is 0 Å². The molecule has 1 aromatic carbocycles. The molecule has 0 amide bonds. The zero-order chi connectivity index (χ0) is 10.8. The molecule has 0 saturated heterocycles. The van der Waals surface area contributed by atoms with Gasteiger partial charge in [0.05, 0.1) is 0 Å². The van der Waals surface area contributed by atoms with E-state index in [0.717, 1.165) is 18.4 Å². The maximum absolute atomic E-state index is 10.4. The van der Waals surface area contributed by atoms with Crippen LogP contribution in [0.15, 0.2) is 18.2 Å². The first-order valence-corrected chi connectivity index (χ1v) is 5.23. The summed E-state index contributed by atoms with van der Waals surface area (Å²) >= 11 is 0. The van der Waals surface area contributed by atoms with Gasteiger partial charge in [-0.2, -0.15) is 0 Å². The number of aryl methyl sites for hydroxylation is 1. The lowest BCUT2D eigenvalue weighted by Gasteiger charge is -2.02. The van der Waals surface area contributed by atoms with E-state index in [4.69, 9.17) is 10.8 Å². The summed E-state index contributed by atoms with van der Waals surface area (Å²) < 4.78 is 0. The van der Waals surface area contributed by atoms with Gasteiger partial charge < -0.3 is 10.8 Å². The topological polar surface area (TPSA) is 63.3 Å². The van der Waals surface area contributed by atoms with Crippen LogP contribution in [0.3, 0.4) is 0 Å². The van der Waals surface area contributed by atoms with Crippen LogP contribution in [0.4, 0.5) is 0 Å². The van der Waals surface area contributed by atoms with Crippen molar-refractivity contribution in [1.29, 1.82) is 0 Å². The molecule has 0 radical (unpaired) electrons. The molecule has 1 aliphatic rings. The van der Waals surface area contributed by atoms with E-state index < -0.39 is 5.97 Å². The predicted molar refractivity (Wildman–Crippen MR) is 57.8 cm³/mol. The largest absolute Gasteiger partial charge is 0.481 e. The van der Waals surface area contributed by atoms with E-state index in [0.29, 0.717) is 6.42 Å². The molecule has 0 fully saturated rings. The fourth-order valence-electron chi connectivity index (χ4n) is 2.11. The van der Waals surface area contributed by atoms with Gasteiger partial charge in [0.25, 0.3) is 0 Å². The highest BCUT2D eigenvalue weighted by atomic mass is 16.4. The second-order valence-electron chi connectivity index (χ2n) is 4.17. The van der Waals surface area contributed by atoms with Crippen molar-refractivity contribution in [3.63, 3.8) is 0 Å². The lowest BCUT2D eigenvalue weighted by atomic mass is 10.0. The molecular weight excluding hydrogens is 190 g/mol. The molecule has 0 aromatic heterocycles. The van der Waals surface area contributed by atoms with Crippen LogP contribution < -0.4 is 5.73 Å². The molecule has 1 atom stereocenters. The van der Waals surface area contributed by atoms with E-state index >= 15 is 0 Å². The fourth-order valence-corrected chi connectivity index (χ4v) is 2.11. The second kappa shape index (κ2) is 4.03. The molecule has 15 heavy (non-hydrogen) atoms. The Morgan fingerprint density at radius 3 is 2.87 bits per heavy atom. The van der Waals surface area contributed by atoms with Crippen molar-refractivity contribution in [2.24, 2.45) is 5.73 Å². The van der Waals surface area contributed by atoms with Gasteiger partial charge in [-0.3, -0.25) is 4.79 Å². The van der Waals surface area contributed by atoms with Crippen molar-refractivity contribution in [2.45, 2.75) is 31.7 Å². The molecule has 80 valence electrons. The van der Waals surface area contributed by atoms with Gasteiger partial charge >= 0.3 is 5.97 Å². The van der Waals surface area contributed by atoms with E-state index in [9.17, 15) is 4.79 Å². The van der Waals surface area contributed by atoms with Crippen molar-refractivity contribution in [3.05, 3.63) is 34.9 Å². The summed E-state index contributed by atoms with van der Waals surface area (Å²) in [7, 11) is 0. The third-order valence-corrected chi connectivity index (χ3v) is 2.86. The molecule has 0 aliphatic heterocycles. The number of hydrogen-bond acceptors (Lipinski definition) is 2. The summed E-state index contributed by atoms with van der Waals surface area (Å²) in [6.45, 7) is 0. The minimum absolute atomic E-state index is 0.199. The molecule has 3 N–H and O–H groups in total. The summed E-state index contributed by atoms with van der Waals surface area (Å²) in [4.78, 5) is 10.4. The molecule has 3 heteroatoms. The molecule has 1 aromatic rings. The van der Waals surface area contributed by atoms with Crippen molar-refractivity contribution >= 4 is 5.97 Å². The Hall–Kier alpha value is -1.35. The Balaban J connectivity index is 2.09. The van der Waals surface area contributed by atoms with Gasteiger partial charge in [0.1, 0.15) is 0 Å². The Morgan fingerprint density at radius 2 is 2.13 bits per heavy atom. The van der Waals surface area contributed by atoms with E-state index in [1.807, 2.05) is 6.07 Å². The quantitative estimate of drug-likeness (QED) is 0.777. The number of benzene rings is 1. The summed E-state index contributed by atoms with van der Waals surface area (Å²) in [5.74, 6) is -0.743. The average molecular weight is 205 g/mol. The van der Waals surface area contributed by atoms with Crippen molar-refractivity contribution in [1.82, 2.24) is 0 Å². The lowest BCUT2D eigenvalue weighted by Crippen LogP contribution is -2.18. The monoisotopic (exact) mass is 205 g/mol. The molecule has 2 rings (SSSR count). The maximum Gasteiger partial charge on any atom is 0.303 e. The van der Waals surface area contributed by atoms with Crippen LogP contribution in [-0.4, -0.2) is 17.1 Å². The van der Waals surface area contributed by atoms with Gasteiger partial charge in [0.15, 0.2) is 0 Å². The van der Waals surface area contributed by atoms with E-state index in [2.05, 4.69) is 12.1 Å². The van der Waals surface area contributed by atoms with Crippen molar-refractivity contribution in [2.75, 3.05) is 0 Å². The van der Waals surface area contributed by atoms with Crippen LogP contribution in [0.1, 0.15) is 23.1 Å². The van der Waals surface area contributed by atoms with Crippen LogP contribution in [0.5, 0.6) is 0 Å². The third-order valence-electron chi connectivity index (χ3n) is 2.86. The summed E-state index contributed by atoms with van der Waals surface area (Å²) in [5.41, 5.74) is 9.58. The zero-order valence-corrected chi connectivity index (χ0v) is 8.57. The predicted octanol–water partition coefficient (Wildman–Crippen LogP) is 1.13. The number of carbonyl (C=O) groups is 1. The minimum atomic E-state index is -0.743. The molecule has 0 saturated carbocycles. The first kappa shape index (κ1) is 10.2. The fraction of sp³-hybridized carbons (Fsp3) is 0.417. The normalized spacial score (nSPS) is 18.9. The standard InChI is InChI=1S/C12H15NO2/c13-11-6-9-3-1-8(2-4-12(14)15)5-10(9)7-11/h1,3,5,11H,2,4,6-7,13H2,(H,14,15)/t11-/m0/s1. The number of fused-ring (bicyclic) bond motifs is 1. The minimum Gasteiger partial charge on any atom is -0.481 e. The number of aliphatic carboxylic acids is 1. The van der Waals surface area contributed by atoms with Gasteiger partial charge in [-0.1, -0.05) is 18.2 Å². The Kier molecular flexibility index (Phi) is 2.73. The molecule has 3 nitrogen and oxygen atoms in total. The van der Waals surface area contributed by atoms with Crippen molar-refractivity contribution < 1.29 is 9.90 Å². The van der Waals surface area contributed by atoms with Crippen LogP contribution in [0.2, 0.25) is 0 Å². The molecule has 0 unspecified atom stereocenters. The van der Waals surface area contributed by atoms with Gasteiger partial charge in [0, 0.05) is 12.5 Å². The highest BCUT2D eigenvalue weighted by Gasteiger charge is 2.17. The number of hydrogen-bond donors (Lipinski definition) is 2. The van der Waals surface area contributed by atoms with Crippen LogP contribution in [0, 0.1) is 0 Å². The molecule has 0 bridgehead atoms. The number of carboxylic acids is 1. The highest BCUT2D eigenvalue weighted by molar-refractivity contribution is 5.67. The first-order valence-electron chi connectivity index (χ1n) is 5.23. The van der Waals surface area contributed by atoms with Gasteiger partial charge in [-0.25, -0.2) is 0 Å². The summed E-state index contributed by atoms with van der Waals surface area (Å²) in [6.07, 6.45) is 2.69. The smallest absolute Gasteiger partial charge is 0.303 e. The zero-order valence-electron chi connectivity index (χ0n) is 8.57. The van der Waals surface area contributed by atoms with Crippen LogP contribution in [-0.2, 0) is 24.1 Å². The second-order valence-corrected chi connectivity index (χ2v) is 4.17. The van der Waals surface area contributed by atoms with Gasteiger partial charge in [-0.05, 0) is 36.0 Å². The summed E-state index contributed by atoms with van der Waals surface area (Å²) in [5, 5.41) is 8.59. The van der Waals surface area contributed by atoms with Gasteiger partial charge in [-0.15, -0.1) is 0 Å². The van der Waals surface area contributed by atoms with E-state index in [-0.39, 0.29) is 12.5 Å². The number of nitrogens with two attached hydrogens (primary N) is 1. The molecular formula is C12H15NO2. The highest BCUT2D eigenvalue weighted by Crippen LogP contribution is 2.22. The number of carboxylic acid groups (broad SMARTS) is 1. The Bertz CT molecular complexity index is 387. The molecule has 1 aliphatic carbocycles. The average Bonchev–Trinajstić information content (AvgIpc) is 2.53. The summed E-state index contributed by atoms with van der Waals surface area (Å²) in [6, 6.07) is 6.44. The Morgan fingerprint density at radius 1 is 1.40 bits per heavy atom. The van der Waals surface area contributed by atoms with Crippen LogP contribution in [0.25, 0.3) is 0 Å². The molecule has 0 spiro atoms. The van der Waals surface area contributed by atoms with E-state index in [1.54, 1.807) is 0 Å². The Labute approximate surface area is 88.9 Å².